The van der Waals surface area contributed by atoms with Crippen LogP contribution in [0.5, 0.6) is 0 Å². The van der Waals surface area contributed by atoms with Crippen LogP contribution in [-0.4, -0.2) is 0 Å². The zero-order chi connectivity index (χ0) is 13.4. The molecule has 0 aliphatic rings. The molecule has 3 rings (SSSR count). The molecule has 1 heterocycles. The molecule has 1 aromatic heterocycles. The fourth-order valence-electron chi connectivity index (χ4n) is 2.33. The van der Waals surface area contributed by atoms with E-state index in [1.165, 1.54) is 0 Å². The summed E-state index contributed by atoms with van der Waals surface area (Å²) in [5, 5.41) is 10.3. The highest BCUT2D eigenvalue weighted by atomic mass is 16.3. The Morgan fingerprint density at radius 1 is 1.11 bits per heavy atom. The Morgan fingerprint density at radius 3 is 2.63 bits per heavy atom. The summed E-state index contributed by atoms with van der Waals surface area (Å²) in [5.74, 6) is 0.677. The highest BCUT2D eigenvalue weighted by Crippen LogP contribution is 2.37. The van der Waals surface area contributed by atoms with Gasteiger partial charge in [0.15, 0.2) is 0 Å². The summed E-state index contributed by atoms with van der Waals surface area (Å²) in [6.45, 7) is 1.98. The molecule has 0 saturated carbocycles. The zero-order valence-electron chi connectivity index (χ0n) is 10.5. The van der Waals surface area contributed by atoms with Crippen LogP contribution in [-0.2, 0) is 0 Å². The Kier molecular flexibility index (Phi) is 2.50. The number of anilines is 1. The van der Waals surface area contributed by atoms with Gasteiger partial charge in [-0.2, -0.15) is 5.26 Å². The van der Waals surface area contributed by atoms with Crippen LogP contribution in [0.15, 0.2) is 46.9 Å². The van der Waals surface area contributed by atoms with Crippen molar-refractivity contribution in [2.45, 2.75) is 6.92 Å². The molecule has 0 aliphatic heterocycles. The lowest BCUT2D eigenvalue weighted by Gasteiger charge is -2.05. The van der Waals surface area contributed by atoms with Gasteiger partial charge in [0, 0.05) is 16.6 Å². The number of benzene rings is 2. The maximum absolute atomic E-state index is 9.22. The van der Waals surface area contributed by atoms with Crippen molar-refractivity contribution in [3.63, 3.8) is 0 Å². The maximum Gasteiger partial charge on any atom is 0.141 e. The van der Waals surface area contributed by atoms with Crippen LogP contribution in [0.4, 0.5) is 5.69 Å². The van der Waals surface area contributed by atoms with Gasteiger partial charge in [-0.15, -0.1) is 0 Å². The lowest BCUT2D eigenvalue weighted by Crippen LogP contribution is -1.93. The van der Waals surface area contributed by atoms with Crippen molar-refractivity contribution in [2.24, 2.45) is 0 Å². The Balaban J connectivity index is 2.38. The minimum Gasteiger partial charge on any atom is -0.456 e. The number of aryl methyl sites for hydroxylation is 1. The van der Waals surface area contributed by atoms with E-state index in [4.69, 9.17) is 10.2 Å². The van der Waals surface area contributed by atoms with Gasteiger partial charge in [-0.25, -0.2) is 0 Å². The Hall–Kier alpha value is -2.73. The van der Waals surface area contributed by atoms with Crippen molar-refractivity contribution in [1.29, 1.82) is 5.26 Å². The molecular weight excluding hydrogens is 236 g/mol. The van der Waals surface area contributed by atoms with Gasteiger partial charge in [-0.1, -0.05) is 24.3 Å². The van der Waals surface area contributed by atoms with Gasteiger partial charge in [-0.3, -0.25) is 0 Å². The third-order valence-corrected chi connectivity index (χ3v) is 3.29. The number of nitriles is 1. The largest absolute Gasteiger partial charge is 0.456 e. The first-order valence-electron chi connectivity index (χ1n) is 5.99. The van der Waals surface area contributed by atoms with E-state index < -0.39 is 0 Å². The molecule has 3 aromatic rings. The van der Waals surface area contributed by atoms with Crippen LogP contribution < -0.4 is 5.73 Å². The molecule has 0 fully saturated rings. The molecule has 2 N–H and O–H groups in total. The second-order valence-corrected chi connectivity index (χ2v) is 4.43. The topological polar surface area (TPSA) is 63.0 Å². The van der Waals surface area contributed by atoms with Crippen LogP contribution in [0.2, 0.25) is 0 Å². The molecule has 0 radical (unpaired) electrons. The van der Waals surface area contributed by atoms with E-state index in [0.717, 1.165) is 16.5 Å². The van der Waals surface area contributed by atoms with Crippen molar-refractivity contribution >= 4 is 16.7 Å². The third kappa shape index (κ3) is 1.66. The SMILES string of the molecule is Cc1c(-c2c(N)cccc2C#N)oc2ccccc12. The number of para-hydroxylation sites is 1. The first-order valence-corrected chi connectivity index (χ1v) is 5.99. The third-order valence-electron chi connectivity index (χ3n) is 3.29. The summed E-state index contributed by atoms with van der Waals surface area (Å²) in [7, 11) is 0. The normalized spacial score (nSPS) is 10.5. The van der Waals surface area contributed by atoms with E-state index in [1.807, 2.05) is 31.2 Å². The van der Waals surface area contributed by atoms with E-state index >= 15 is 0 Å². The predicted molar refractivity (Wildman–Crippen MR) is 75.5 cm³/mol. The second-order valence-electron chi connectivity index (χ2n) is 4.43. The summed E-state index contributed by atoms with van der Waals surface area (Å²) in [5.41, 5.74) is 9.59. The molecular formula is C16H12N2O. The van der Waals surface area contributed by atoms with E-state index in [9.17, 15) is 5.26 Å². The molecule has 0 aliphatic carbocycles. The minimum atomic E-state index is 0.530. The average molecular weight is 248 g/mol. The summed E-state index contributed by atoms with van der Waals surface area (Å²) >= 11 is 0. The first kappa shape index (κ1) is 11.4. The summed E-state index contributed by atoms with van der Waals surface area (Å²) in [4.78, 5) is 0. The van der Waals surface area contributed by atoms with Crippen LogP contribution >= 0.6 is 0 Å². The van der Waals surface area contributed by atoms with Crippen molar-refractivity contribution in [2.75, 3.05) is 5.73 Å². The molecule has 0 amide bonds. The summed E-state index contributed by atoms with van der Waals surface area (Å²) in [6, 6.07) is 15.3. The zero-order valence-corrected chi connectivity index (χ0v) is 10.5. The van der Waals surface area contributed by atoms with E-state index in [2.05, 4.69) is 6.07 Å². The molecule has 19 heavy (non-hydrogen) atoms. The molecule has 3 nitrogen and oxygen atoms in total. The van der Waals surface area contributed by atoms with Crippen molar-refractivity contribution in [3.05, 3.63) is 53.6 Å². The highest BCUT2D eigenvalue weighted by molar-refractivity contribution is 5.91. The number of nitrogens with zero attached hydrogens (tertiary/aromatic N) is 1. The van der Waals surface area contributed by atoms with E-state index in [1.54, 1.807) is 18.2 Å². The summed E-state index contributed by atoms with van der Waals surface area (Å²) in [6.07, 6.45) is 0. The molecule has 0 spiro atoms. The molecule has 0 atom stereocenters. The molecule has 0 unspecified atom stereocenters. The fourth-order valence-corrected chi connectivity index (χ4v) is 2.33. The lowest BCUT2D eigenvalue weighted by molar-refractivity contribution is 0.629. The Morgan fingerprint density at radius 2 is 1.89 bits per heavy atom. The average Bonchev–Trinajstić information content (AvgIpc) is 2.76. The molecule has 3 heteroatoms. The minimum absolute atomic E-state index is 0.530. The van der Waals surface area contributed by atoms with Gasteiger partial charge in [0.25, 0.3) is 0 Å². The van der Waals surface area contributed by atoms with Gasteiger partial charge < -0.3 is 10.2 Å². The first-order chi connectivity index (χ1) is 9.22. The molecule has 0 bridgehead atoms. The standard InChI is InChI=1S/C16H12N2O/c1-10-12-6-2-3-8-14(12)19-16(10)15-11(9-17)5-4-7-13(15)18/h2-8H,18H2,1H3. The monoisotopic (exact) mass is 248 g/mol. The second kappa shape index (κ2) is 4.18. The number of nitrogen functional groups attached to an aromatic ring is 1. The highest BCUT2D eigenvalue weighted by Gasteiger charge is 2.17. The lowest BCUT2D eigenvalue weighted by atomic mass is 10.0. The number of rotatable bonds is 1. The smallest absolute Gasteiger partial charge is 0.141 e. The quantitative estimate of drug-likeness (QED) is 0.665. The van der Waals surface area contributed by atoms with Crippen LogP contribution in [0.25, 0.3) is 22.3 Å². The predicted octanol–water partition coefficient (Wildman–Crippen LogP) is 3.86. The number of fused-ring (bicyclic) bond motifs is 1. The van der Waals surface area contributed by atoms with Crippen molar-refractivity contribution < 1.29 is 4.42 Å². The van der Waals surface area contributed by atoms with Gasteiger partial charge in [0.05, 0.1) is 17.2 Å². The molecule has 92 valence electrons. The van der Waals surface area contributed by atoms with Gasteiger partial charge >= 0.3 is 0 Å². The van der Waals surface area contributed by atoms with Gasteiger partial charge in [0.1, 0.15) is 11.3 Å². The number of hydrogen-bond acceptors (Lipinski definition) is 3. The molecule has 0 saturated heterocycles. The van der Waals surface area contributed by atoms with Gasteiger partial charge in [0.2, 0.25) is 0 Å². The Bertz CT molecular complexity index is 809. The van der Waals surface area contributed by atoms with Crippen LogP contribution in [0.1, 0.15) is 11.1 Å². The number of nitrogens with two attached hydrogens (primary N) is 1. The maximum atomic E-state index is 9.22. The summed E-state index contributed by atoms with van der Waals surface area (Å²) < 4.78 is 5.88. The Labute approximate surface area is 110 Å². The van der Waals surface area contributed by atoms with Crippen molar-refractivity contribution in [1.82, 2.24) is 0 Å². The van der Waals surface area contributed by atoms with Crippen LogP contribution in [0.3, 0.4) is 0 Å². The fraction of sp³-hybridized carbons (Fsp3) is 0.0625. The number of hydrogen-bond donors (Lipinski definition) is 1. The van der Waals surface area contributed by atoms with E-state index in [-0.39, 0.29) is 0 Å². The van der Waals surface area contributed by atoms with E-state index in [0.29, 0.717) is 22.6 Å². The van der Waals surface area contributed by atoms with Crippen molar-refractivity contribution in [3.8, 4) is 17.4 Å². The van der Waals surface area contributed by atoms with Gasteiger partial charge in [-0.05, 0) is 25.1 Å². The van der Waals surface area contributed by atoms with Crippen LogP contribution in [0, 0.1) is 18.3 Å². The molecule has 2 aromatic carbocycles. The number of furan rings is 1.